The summed E-state index contributed by atoms with van der Waals surface area (Å²) in [6, 6.07) is 9.47. The minimum absolute atomic E-state index is 0.0176. The number of anilines is 2. The summed E-state index contributed by atoms with van der Waals surface area (Å²) in [4.78, 5) is 20.0. The van der Waals surface area contributed by atoms with Gasteiger partial charge in [-0.25, -0.2) is 4.79 Å². The zero-order chi connectivity index (χ0) is 26.9. The molecular weight excluding hydrogens is 468 g/mol. The number of nitrogen functional groups attached to an aromatic ring is 2. The van der Waals surface area contributed by atoms with Gasteiger partial charge in [0.1, 0.15) is 5.60 Å². The van der Waals surface area contributed by atoms with Gasteiger partial charge in [-0.3, -0.25) is 9.88 Å². The molecule has 1 unspecified atom stereocenters. The second kappa shape index (κ2) is 10.4. The van der Waals surface area contributed by atoms with Crippen molar-refractivity contribution < 1.29 is 14.0 Å². The Balaban J connectivity index is 2.01. The number of hydrogen-bond acceptors (Lipinski definition) is 6. The SMILES string of the molecule is CC(C)(C)OC(=O)N1C(Cc2ccc(N)c(N)c2)CC[C@@H]1[C@H](O[Si](C)(C)C(C)(C)C)c1cccnc1. The smallest absolute Gasteiger partial charge is 0.410 e. The molecule has 0 radical (unpaired) electrons. The van der Waals surface area contributed by atoms with Crippen molar-refractivity contribution in [3.63, 3.8) is 0 Å². The Morgan fingerprint density at radius 3 is 2.36 bits per heavy atom. The first-order valence-corrected chi connectivity index (χ1v) is 15.7. The zero-order valence-corrected chi connectivity index (χ0v) is 24.2. The highest BCUT2D eigenvalue weighted by molar-refractivity contribution is 6.74. The van der Waals surface area contributed by atoms with E-state index in [0.29, 0.717) is 17.8 Å². The van der Waals surface area contributed by atoms with Gasteiger partial charge in [-0.15, -0.1) is 0 Å². The highest BCUT2D eigenvalue weighted by atomic mass is 28.4. The third-order valence-electron chi connectivity index (χ3n) is 7.36. The zero-order valence-electron chi connectivity index (χ0n) is 23.2. The number of aromatic nitrogens is 1. The van der Waals surface area contributed by atoms with Crippen LogP contribution in [0.3, 0.4) is 0 Å². The summed E-state index contributed by atoms with van der Waals surface area (Å²) in [6.45, 7) is 16.9. The molecule has 1 aliphatic rings. The molecule has 3 rings (SSSR count). The van der Waals surface area contributed by atoms with Crippen LogP contribution in [0, 0.1) is 0 Å². The third-order valence-corrected chi connectivity index (χ3v) is 11.8. The summed E-state index contributed by atoms with van der Waals surface area (Å²) in [7, 11) is -2.18. The summed E-state index contributed by atoms with van der Waals surface area (Å²) in [5.41, 5.74) is 14.6. The molecule has 0 spiro atoms. The van der Waals surface area contributed by atoms with Gasteiger partial charge < -0.3 is 20.6 Å². The molecule has 1 aliphatic heterocycles. The van der Waals surface area contributed by atoms with Crippen molar-refractivity contribution in [3.8, 4) is 0 Å². The van der Waals surface area contributed by atoms with Gasteiger partial charge in [0.15, 0.2) is 8.32 Å². The quantitative estimate of drug-likeness (QED) is 0.347. The molecule has 0 bridgehead atoms. The van der Waals surface area contributed by atoms with Crippen LogP contribution in [0.25, 0.3) is 0 Å². The van der Waals surface area contributed by atoms with Crippen LogP contribution in [0.4, 0.5) is 16.2 Å². The normalized spacial score (nSPS) is 19.8. The fraction of sp³-hybridized carbons (Fsp3) is 0.571. The van der Waals surface area contributed by atoms with Crippen LogP contribution in [0.5, 0.6) is 0 Å². The topological polar surface area (TPSA) is 104 Å². The molecular formula is C28H44N4O3Si. The van der Waals surface area contributed by atoms with Crippen LogP contribution in [0.2, 0.25) is 18.1 Å². The lowest BCUT2D eigenvalue weighted by Crippen LogP contribution is -2.50. The van der Waals surface area contributed by atoms with Crippen LogP contribution < -0.4 is 11.5 Å². The van der Waals surface area contributed by atoms with Crippen molar-refractivity contribution >= 4 is 25.8 Å². The van der Waals surface area contributed by atoms with E-state index in [-0.39, 0.29) is 29.3 Å². The number of nitrogens with zero attached hydrogens (tertiary/aromatic N) is 2. The van der Waals surface area contributed by atoms with Gasteiger partial charge in [-0.05, 0) is 87.5 Å². The first-order chi connectivity index (χ1) is 16.6. The summed E-state index contributed by atoms with van der Waals surface area (Å²) < 4.78 is 13.0. The summed E-state index contributed by atoms with van der Waals surface area (Å²) in [6.07, 6.45) is 5.33. The Hall–Kier alpha value is -2.58. The number of nitrogens with two attached hydrogens (primary N) is 2. The molecule has 4 N–H and O–H groups in total. The Bertz CT molecular complexity index is 1050. The van der Waals surface area contributed by atoms with E-state index in [2.05, 4.69) is 38.8 Å². The average Bonchev–Trinajstić information content (AvgIpc) is 3.16. The largest absolute Gasteiger partial charge is 0.444 e. The van der Waals surface area contributed by atoms with Crippen molar-refractivity contribution in [2.75, 3.05) is 11.5 Å². The molecule has 3 atom stereocenters. The van der Waals surface area contributed by atoms with Crippen LogP contribution in [0.1, 0.15) is 71.6 Å². The van der Waals surface area contributed by atoms with Gasteiger partial charge in [-0.2, -0.15) is 0 Å². The number of carbonyl (C=O) groups excluding carboxylic acids is 1. The molecule has 7 nitrogen and oxygen atoms in total. The van der Waals surface area contributed by atoms with Crippen molar-refractivity contribution in [1.29, 1.82) is 0 Å². The molecule has 198 valence electrons. The van der Waals surface area contributed by atoms with Crippen LogP contribution >= 0.6 is 0 Å². The molecule has 36 heavy (non-hydrogen) atoms. The van der Waals surface area contributed by atoms with E-state index in [1.807, 2.05) is 62.2 Å². The maximum atomic E-state index is 13.7. The Morgan fingerprint density at radius 1 is 1.11 bits per heavy atom. The van der Waals surface area contributed by atoms with Gasteiger partial charge in [0.25, 0.3) is 0 Å². The Morgan fingerprint density at radius 2 is 1.81 bits per heavy atom. The number of hydrogen-bond donors (Lipinski definition) is 2. The average molecular weight is 513 g/mol. The number of likely N-dealkylation sites (tertiary alicyclic amines) is 1. The van der Waals surface area contributed by atoms with E-state index in [1.165, 1.54) is 0 Å². The molecule has 0 aliphatic carbocycles. The second-order valence-corrected chi connectivity index (χ2v) is 17.2. The number of pyridine rings is 1. The molecule has 1 saturated heterocycles. The number of carbonyl (C=O) groups is 1. The first kappa shape index (κ1) is 28.0. The van der Waals surface area contributed by atoms with Gasteiger partial charge in [-0.1, -0.05) is 32.9 Å². The highest BCUT2D eigenvalue weighted by Gasteiger charge is 2.47. The molecule has 1 aromatic carbocycles. The minimum Gasteiger partial charge on any atom is -0.444 e. The van der Waals surface area contributed by atoms with E-state index < -0.39 is 13.9 Å². The monoisotopic (exact) mass is 512 g/mol. The molecule has 1 amide bonds. The summed E-state index contributed by atoms with van der Waals surface area (Å²) >= 11 is 0. The minimum atomic E-state index is -2.18. The van der Waals surface area contributed by atoms with Gasteiger partial charge >= 0.3 is 6.09 Å². The number of benzene rings is 1. The van der Waals surface area contributed by atoms with Crippen molar-refractivity contribution in [2.45, 2.75) is 103 Å². The third kappa shape index (κ3) is 6.59. The lowest BCUT2D eigenvalue weighted by molar-refractivity contribution is -0.00243. The fourth-order valence-electron chi connectivity index (χ4n) is 4.44. The maximum absolute atomic E-state index is 13.7. The first-order valence-electron chi connectivity index (χ1n) is 12.8. The van der Waals surface area contributed by atoms with E-state index in [9.17, 15) is 4.79 Å². The van der Waals surface area contributed by atoms with Gasteiger partial charge in [0.2, 0.25) is 0 Å². The predicted octanol–water partition coefficient (Wildman–Crippen LogP) is 6.32. The maximum Gasteiger partial charge on any atom is 0.410 e. The van der Waals surface area contributed by atoms with E-state index in [0.717, 1.165) is 24.0 Å². The summed E-state index contributed by atoms with van der Waals surface area (Å²) in [5, 5.41) is 0.0176. The lowest BCUT2D eigenvalue weighted by Gasteiger charge is -2.43. The number of amides is 1. The summed E-state index contributed by atoms with van der Waals surface area (Å²) in [5.74, 6) is 0. The van der Waals surface area contributed by atoms with Gasteiger partial charge in [0.05, 0.1) is 23.5 Å². The standard InChI is InChI=1S/C28H44N4O3Si/c1-27(2,3)34-26(33)32-21(16-19-11-13-22(29)23(30)17-19)12-14-24(32)25(20-10-9-15-31-18-20)35-36(7,8)28(4,5)6/h9-11,13,15,17-18,21,24-25H,12,14,16,29-30H2,1-8H3/t21?,24-,25-/m1/s1. The fourth-order valence-corrected chi connectivity index (χ4v) is 5.72. The molecule has 8 heteroatoms. The Kier molecular flexibility index (Phi) is 8.10. The van der Waals surface area contributed by atoms with Gasteiger partial charge in [0, 0.05) is 18.4 Å². The molecule has 2 heterocycles. The molecule has 2 aromatic rings. The van der Waals surface area contributed by atoms with Crippen molar-refractivity contribution in [2.24, 2.45) is 0 Å². The van der Waals surface area contributed by atoms with E-state index in [4.69, 9.17) is 20.6 Å². The van der Waals surface area contributed by atoms with E-state index in [1.54, 1.807) is 6.20 Å². The van der Waals surface area contributed by atoms with Crippen LogP contribution in [-0.4, -0.2) is 42.0 Å². The van der Waals surface area contributed by atoms with E-state index >= 15 is 0 Å². The molecule has 1 fully saturated rings. The highest BCUT2D eigenvalue weighted by Crippen LogP contribution is 2.44. The molecule has 1 aromatic heterocycles. The Labute approximate surface area is 217 Å². The van der Waals surface area contributed by atoms with Crippen molar-refractivity contribution in [3.05, 3.63) is 53.9 Å². The van der Waals surface area contributed by atoms with Crippen molar-refractivity contribution in [1.82, 2.24) is 9.88 Å². The number of ether oxygens (including phenoxy) is 1. The van der Waals surface area contributed by atoms with Crippen LogP contribution in [-0.2, 0) is 15.6 Å². The predicted molar refractivity (Wildman–Crippen MR) is 149 cm³/mol. The molecule has 0 saturated carbocycles. The van der Waals surface area contributed by atoms with Crippen LogP contribution in [0.15, 0.2) is 42.7 Å². The lowest BCUT2D eigenvalue weighted by atomic mass is 10.0. The second-order valence-electron chi connectivity index (χ2n) is 12.4. The number of rotatable bonds is 6.